The van der Waals surface area contributed by atoms with Crippen molar-refractivity contribution in [3.8, 4) is 11.3 Å². The lowest BCUT2D eigenvalue weighted by Crippen LogP contribution is -2.43. The fraction of sp³-hybridized carbons (Fsp3) is 0.345. The molecule has 0 radical (unpaired) electrons. The third kappa shape index (κ3) is 4.18. The first-order valence-electron chi connectivity index (χ1n) is 12.1. The van der Waals surface area contributed by atoms with Crippen molar-refractivity contribution >= 4 is 17.5 Å². The van der Waals surface area contributed by atoms with Crippen molar-refractivity contribution in [2.45, 2.75) is 62.6 Å². The normalized spacial score (nSPS) is 16.0. The van der Waals surface area contributed by atoms with Gasteiger partial charge in [0.1, 0.15) is 0 Å². The van der Waals surface area contributed by atoms with E-state index in [2.05, 4.69) is 24.8 Å². The lowest BCUT2D eigenvalue weighted by atomic mass is 9.62. The van der Waals surface area contributed by atoms with E-state index < -0.39 is 0 Å². The number of benzene rings is 2. The van der Waals surface area contributed by atoms with Gasteiger partial charge in [-0.1, -0.05) is 97.8 Å². The summed E-state index contributed by atoms with van der Waals surface area (Å²) in [5.74, 6) is 0.265. The van der Waals surface area contributed by atoms with E-state index in [0.29, 0.717) is 17.3 Å². The standard InChI is InChI=1S/C29H30N2O2S/c1-20(2)18-31-27(33)25-26(30-28(31)34-19-24(32)21-11-5-3-6-12-21)23-14-8-7-13-22(23)17-29(25)15-9-4-10-16-29/h3,5-8,11-14H,1,4,9-10,15-19H2,2H3. The molecule has 0 bridgehead atoms. The van der Waals surface area contributed by atoms with Gasteiger partial charge in [-0.15, -0.1) is 0 Å². The van der Waals surface area contributed by atoms with Crippen LogP contribution in [0.5, 0.6) is 0 Å². The zero-order valence-corrected chi connectivity index (χ0v) is 20.5. The summed E-state index contributed by atoms with van der Waals surface area (Å²) >= 11 is 1.35. The third-order valence-corrected chi connectivity index (χ3v) is 8.11. The molecule has 0 N–H and O–H groups in total. The summed E-state index contributed by atoms with van der Waals surface area (Å²) in [5.41, 5.74) is 5.50. The smallest absolute Gasteiger partial charge is 0.258 e. The van der Waals surface area contributed by atoms with Gasteiger partial charge in [-0.2, -0.15) is 0 Å². The highest BCUT2D eigenvalue weighted by Crippen LogP contribution is 2.48. The average Bonchev–Trinajstić information content (AvgIpc) is 2.85. The summed E-state index contributed by atoms with van der Waals surface area (Å²) in [6, 6.07) is 17.7. The van der Waals surface area contributed by atoms with Gasteiger partial charge >= 0.3 is 0 Å². The van der Waals surface area contributed by atoms with E-state index in [1.165, 1.54) is 23.7 Å². The highest BCUT2D eigenvalue weighted by Gasteiger charge is 2.43. The fourth-order valence-corrected chi connectivity index (χ4v) is 6.46. The molecule has 2 aliphatic rings. The summed E-state index contributed by atoms with van der Waals surface area (Å²) in [6.45, 7) is 6.41. The topological polar surface area (TPSA) is 52.0 Å². The van der Waals surface area contributed by atoms with Crippen LogP contribution in [0.2, 0.25) is 0 Å². The molecule has 5 rings (SSSR count). The van der Waals surface area contributed by atoms with E-state index in [1.807, 2.05) is 43.3 Å². The number of ketones is 1. The summed E-state index contributed by atoms with van der Waals surface area (Å²) in [7, 11) is 0. The Morgan fingerprint density at radius 1 is 1.06 bits per heavy atom. The summed E-state index contributed by atoms with van der Waals surface area (Å²) in [4.78, 5) is 32.1. The van der Waals surface area contributed by atoms with E-state index >= 15 is 0 Å². The quantitative estimate of drug-likeness (QED) is 0.186. The van der Waals surface area contributed by atoms with Gasteiger partial charge in [0.2, 0.25) is 0 Å². The molecule has 1 aromatic heterocycles. The van der Waals surface area contributed by atoms with Gasteiger partial charge in [-0.05, 0) is 31.7 Å². The van der Waals surface area contributed by atoms with Crippen LogP contribution in [0.4, 0.5) is 0 Å². The Bertz CT molecular complexity index is 1300. The minimum Gasteiger partial charge on any atom is -0.293 e. The highest BCUT2D eigenvalue weighted by atomic mass is 32.2. The Hall–Kier alpha value is -2.92. The first-order valence-corrected chi connectivity index (χ1v) is 13.1. The van der Waals surface area contributed by atoms with Gasteiger partial charge in [-0.3, -0.25) is 14.2 Å². The Kier molecular flexibility index (Phi) is 6.30. The second-order valence-electron chi connectivity index (χ2n) is 9.72. The molecule has 1 saturated carbocycles. The van der Waals surface area contributed by atoms with Crippen LogP contribution in [0.3, 0.4) is 0 Å². The molecule has 3 aromatic rings. The maximum atomic E-state index is 14.2. The predicted molar refractivity (Wildman–Crippen MR) is 139 cm³/mol. The van der Waals surface area contributed by atoms with Crippen molar-refractivity contribution in [3.63, 3.8) is 0 Å². The van der Waals surface area contributed by atoms with Gasteiger partial charge in [0, 0.05) is 23.1 Å². The van der Waals surface area contributed by atoms with Crippen molar-refractivity contribution in [3.05, 3.63) is 93.8 Å². The lowest BCUT2D eigenvalue weighted by molar-refractivity contribution is 0.102. The summed E-state index contributed by atoms with van der Waals surface area (Å²) in [5, 5.41) is 0.596. The summed E-state index contributed by atoms with van der Waals surface area (Å²) < 4.78 is 1.76. The Morgan fingerprint density at radius 3 is 2.50 bits per heavy atom. The van der Waals surface area contributed by atoms with Crippen molar-refractivity contribution in [2.24, 2.45) is 0 Å². The van der Waals surface area contributed by atoms with Gasteiger partial charge in [0.25, 0.3) is 5.56 Å². The molecule has 4 nitrogen and oxygen atoms in total. The number of aromatic nitrogens is 2. The SMILES string of the molecule is C=C(C)Cn1c(SCC(=O)c2ccccc2)nc2c(c1=O)C1(CCCCC1)Cc1ccccc1-2. The fourth-order valence-electron chi connectivity index (χ4n) is 5.58. The van der Waals surface area contributed by atoms with Crippen molar-refractivity contribution in [2.75, 3.05) is 5.75 Å². The molecule has 0 saturated heterocycles. The molecular formula is C29H30N2O2S. The van der Waals surface area contributed by atoms with Crippen LogP contribution in [0, 0.1) is 0 Å². The molecule has 174 valence electrons. The molecule has 0 unspecified atom stereocenters. The van der Waals surface area contributed by atoms with Crippen LogP contribution in [0.15, 0.2) is 76.7 Å². The third-order valence-electron chi connectivity index (χ3n) is 7.13. The number of fused-ring (bicyclic) bond motifs is 4. The van der Waals surface area contributed by atoms with Crippen molar-refractivity contribution < 1.29 is 4.79 Å². The van der Waals surface area contributed by atoms with Gasteiger partial charge in [-0.25, -0.2) is 4.98 Å². The zero-order valence-electron chi connectivity index (χ0n) is 19.7. The Morgan fingerprint density at radius 2 is 1.76 bits per heavy atom. The van der Waals surface area contributed by atoms with E-state index in [-0.39, 0.29) is 22.5 Å². The van der Waals surface area contributed by atoms with Crippen LogP contribution >= 0.6 is 11.8 Å². The molecule has 5 heteroatoms. The van der Waals surface area contributed by atoms with Crippen LogP contribution in [0.1, 0.15) is 60.5 Å². The molecule has 1 spiro atoms. The molecule has 2 aliphatic carbocycles. The Balaban J connectivity index is 1.63. The monoisotopic (exact) mass is 470 g/mol. The first-order chi connectivity index (χ1) is 16.5. The number of carbonyl (C=O) groups is 1. The van der Waals surface area contributed by atoms with Crippen molar-refractivity contribution in [1.82, 2.24) is 9.55 Å². The number of nitrogens with zero attached hydrogens (tertiary/aromatic N) is 2. The maximum absolute atomic E-state index is 14.2. The number of hydrogen-bond donors (Lipinski definition) is 0. The first kappa shape index (κ1) is 22.9. The molecule has 2 aromatic carbocycles. The number of carbonyl (C=O) groups excluding carboxylic acids is 1. The van der Waals surface area contributed by atoms with Crippen LogP contribution in [-0.4, -0.2) is 21.1 Å². The van der Waals surface area contributed by atoms with Gasteiger partial charge < -0.3 is 0 Å². The number of allylic oxidation sites excluding steroid dienone is 1. The number of thioether (sulfide) groups is 1. The van der Waals surface area contributed by atoms with E-state index in [1.54, 1.807) is 4.57 Å². The minimum atomic E-state index is -0.147. The number of hydrogen-bond acceptors (Lipinski definition) is 4. The summed E-state index contributed by atoms with van der Waals surface area (Å²) in [6.07, 6.45) is 6.46. The van der Waals surface area contributed by atoms with Crippen LogP contribution in [-0.2, 0) is 18.4 Å². The van der Waals surface area contributed by atoms with Crippen LogP contribution < -0.4 is 5.56 Å². The molecular weight excluding hydrogens is 440 g/mol. The van der Waals surface area contributed by atoms with E-state index in [9.17, 15) is 9.59 Å². The maximum Gasteiger partial charge on any atom is 0.258 e. The van der Waals surface area contributed by atoms with Crippen LogP contribution in [0.25, 0.3) is 11.3 Å². The second-order valence-corrected chi connectivity index (χ2v) is 10.7. The number of Topliss-reactive ketones (excluding diaryl/α,β-unsaturated/α-hetero) is 1. The lowest BCUT2D eigenvalue weighted by Gasteiger charge is -2.42. The largest absolute Gasteiger partial charge is 0.293 e. The Labute approximate surface area is 205 Å². The predicted octanol–water partition coefficient (Wildman–Crippen LogP) is 6.22. The average molecular weight is 471 g/mol. The second kappa shape index (κ2) is 9.38. The molecule has 34 heavy (non-hydrogen) atoms. The highest BCUT2D eigenvalue weighted by molar-refractivity contribution is 7.99. The molecule has 0 aliphatic heterocycles. The van der Waals surface area contributed by atoms with Crippen molar-refractivity contribution in [1.29, 1.82) is 0 Å². The van der Waals surface area contributed by atoms with E-state index in [4.69, 9.17) is 4.98 Å². The molecule has 0 amide bonds. The molecule has 0 atom stereocenters. The minimum absolute atomic E-state index is 0.0311. The zero-order chi connectivity index (χ0) is 23.7. The van der Waals surface area contributed by atoms with E-state index in [0.717, 1.165) is 54.5 Å². The number of rotatable bonds is 6. The van der Waals surface area contributed by atoms with Gasteiger partial charge in [0.05, 0.1) is 17.0 Å². The van der Waals surface area contributed by atoms with Gasteiger partial charge in [0.15, 0.2) is 10.9 Å². The molecule has 1 fully saturated rings. The molecule has 1 heterocycles.